The molecule has 0 aliphatic carbocycles. The van der Waals surface area contributed by atoms with Gasteiger partial charge in [-0.05, 0) is 60.1 Å². The van der Waals surface area contributed by atoms with Gasteiger partial charge in [-0.3, -0.25) is 10.4 Å². The number of anilines is 1. The topological polar surface area (TPSA) is 105 Å². The van der Waals surface area contributed by atoms with E-state index in [1.807, 2.05) is 23.4 Å². The lowest BCUT2D eigenvalue weighted by molar-refractivity contribution is -0.137. The minimum absolute atomic E-state index is 0. The molecular formula is C26H35Cl2N5O3. The summed E-state index contributed by atoms with van der Waals surface area (Å²) in [6.07, 6.45) is 8.49. The van der Waals surface area contributed by atoms with Crippen LogP contribution in [0.25, 0.3) is 0 Å². The Balaban J connectivity index is 0.00000228. The SMILES string of the molecule is C=CC(=O)OCCc1cnccc1N1CCC(COc2ccc3c(c2)CN(C(=N)N)CC3)CC1.Cl.Cl. The molecule has 1 aromatic heterocycles. The molecule has 2 aromatic rings. The maximum atomic E-state index is 11.3. The van der Waals surface area contributed by atoms with Crippen molar-refractivity contribution in [2.75, 3.05) is 37.7 Å². The Morgan fingerprint density at radius 2 is 1.97 bits per heavy atom. The second kappa shape index (κ2) is 13.9. The van der Waals surface area contributed by atoms with Crippen molar-refractivity contribution in [1.82, 2.24) is 9.88 Å². The number of hydrogen-bond acceptors (Lipinski definition) is 6. The van der Waals surface area contributed by atoms with Gasteiger partial charge in [0, 0.05) is 56.8 Å². The molecular weight excluding hydrogens is 501 g/mol. The number of carbonyl (C=O) groups excluding carboxylic acids is 1. The molecule has 2 aliphatic heterocycles. The molecule has 0 atom stereocenters. The van der Waals surface area contributed by atoms with Crippen LogP contribution in [0.15, 0.2) is 49.3 Å². The number of nitrogens with two attached hydrogens (primary N) is 1. The van der Waals surface area contributed by atoms with Gasteiger partial charge in [0.25, 0.3) is 0 Å². The van der Waals surface area contributed by atoms with E-state index in [1.54, 1.807) is 0 Å². The number of rotatable bonds is 8. The highest BCUT2D eigenvalue weighted by Gasteiger charge is 2.22. The first kappa shape index (κ1) is 29.3. The van der Waals surface area contributed by atoms with Crippen LogP contribution < -0.4 is 15.4 Å². The molecule has 4 rings (SSSR count). The third-order valence-electron chi connectivity index (χ3n) is 6.63. The summed E-state index contributed by atoms with van der Waals surface area (Å²) in [6, 6.07) is 8.34. The maximum Gasteiger partial charge on any atom is 0.330 e. The largest absolute Gasteiger partial charge is 0.493 e. The quantitative estimate of drug-likeness (QED) is 0.229. The normalized spacial score (nSPS) is 15.1. The molecule has 3 heterocycles. The summed E-state index contributed by atoms with van der Waals surface area (Å²) in [7, 11) is 0. The highest BCUT2D eigenvalue weighted by atomic mass is 35.5. The number of guanidine groups is 1. The molecule has 0 saturated carbocycles. The smallest absolute Gasteiger partial charge is 0.330 e. The van der Waals surface area contributed by atoms with Crippen LogP contribution in [0, 0.1) is 11.3 Å². The van der Waals surface area contributed by atoms with E-state index in [-0.39, 0.29) is 30.8 Å². The van der Waals surface area contributed by atoms with Crippen molar-refractivity contribution < 1.29 is 14.3 Å². The zero-order valence-electron chi connectivity index (χ0n) is 20.4. The number of carbonyl (C=O) groups is 1. The highest BCUT2D eigenvalue weighted by Crippen LogP contribution is 2.28. The second-order valence-electron chi connectivity index (χ2n) is 8.85. The van der Waals surface area contributed by atoms with E-state index in [2.05, 4.69) is 34.7 Å². The molecule has 36 heavy (non-hydrogen) atoms. The minimum atomic E-state index is -0.402. The summed E-state index contributed by atoms with van der Waals surface area (Å²) < 4.78 is 11.3. The highest BCUT2D eigenvalue weighted by molar-refractivity contribution is 5.85. The van der Waals surface area contributed by atoms with Crippen LogP contribution in [0.4, 0.5) is 5.69 Å². The van der Waals surface area contributed by atoms with E-state index in [9.17, 15) is 4.79 Å². The number of esters is 1. The lowest BCUT2D eigenvalue weighted by Crippen LogP contribution is -2.40. The van der Waals surface area contributed by atoms with Crippen molar-refractivity contribution in [3.63, 3.8) is 0 Å². The first-order valence-corrected chi connectivity index (χ1v) is 11.8. The van der Waals surface area contributed by atoms with Gasteiger partial charge in [-0.25, -0.2) is 4.79 Å². The van der Waals surface area contributed by atoms with E-state index >= 15 is 0 Å². The lowest BCUT2D eigenvalue weighted by Gasteiger charge is -2.34. The van der Waals surface area contributed by atoms with Crippen LogP contribution in [0.2, 0.25) is 0 Å². The van der Waals surface area contributed by atoms with Gasteiger partial charge in [0.15, 0.2) is 5.96 Å². The first-order valence-electron chi connectivity index (χ1n) is 11.8. The predicted octanol–water partition coefficient (Wildman–Crippen LogP) is 3.74. The van der Waals surface area contributed by atoms with E-state index in [0.29, 0.717) is 32.1 Å². The van der Waals surface area contributed by atoms with Crippen molar-refractivity contribution >= 4 is 42.4 Å². The van der Waals surface area contributed by atoms with Crippen molar-refractivity contribution in [3.05, 3.63) is 66.0 Å². The average Bonchev–Trinajstić information content (AvgIpc) is 2.87. The van der Waals surface area contributed by atoms with Crippen LogP contribution in [-0.4, -0.2) is 54.7 Å². The standard InChI is InChI=1S/C26H33N5O3.2ClH/c1-2-25(32)33-14-9-21-16-29-10-5-24(21)30-11-6-19(7-12-30)18-34-23-4-3-20-8-13-31(26(27)28)17-22(20)15-23;;/h2-5,10,15-16,19H,1,6-9,11-14,17-18H2,(H3,27,28);2*1H. The first-order chi connectivity index (χ1) is 16.5. The monoisotopic (exact) mass is 535 g/mol. The van der Waals surface area contributed by atoms with Gasteiger partial charge in [-0.15, -0.1) is 24.8 Å². The zero-order chi connectivity index (χ0) is 23.9. The van der Waals surface area contributed by atoms with Crippen LogP contribution in [0.5, 0.6) is 5.75 Å². The maximum absolute atomic E-state index is 11.3. The number of nitrogens with one attached hydrogen (secondary N) is 1. The Labute approximate surface area is 225 Å². The molecule has 0 amide bonds. The fourth-order valence-electron chi connectivity index (χ4n) is 4.62. The molecule has 1 fully saturated rings. The second-order valence-corrected chi connectivity index (χ2v) is 8.85. The third kappa shape index (κ3) is 7.51. The summed E-state index contributed by atoms with van der Waals surface area (Å²) in [6.45, 7) is 7.81. The summed E-state index contributed by atoms with van der Waals surface area (Å²) in [5.41, 5.74) is 10.4. The van der Waals surface area contributed by atoms with Crippen molar-refractivity contribution in [2.24, 2.45) is 11.7 Å². The average molecular weight is 537 g/mol. The third-order valence-corrected chi connectivity index (χ3v) is 6.63. The van der Waals surface area contributed by atoms with Gasteiger partial charge in [0.1, 0.15) is 5.75 Å². The molecule has 10 heteroatoms. The predicted molar refractivity (Wildman–Crippen MR) is 146 cm³/mol. The Bertz CT molecular complexity index is 1040. The minimum Gasteiger partial charge on any atom is -0.493 e. The molecule has 1 saturated heterocycles. The number of aromatic nitrogens is 1. The van der Waals surface area contributed by atoms with Gasteiger partial charge in [-0.1, -0.05) is 12.6 Å². The van der Waals surface area contributed by atoms with Crippen LogP contribution in [-0.2, 0) is 28.9 Å². The van der Waals surface area contributed by atoms with E-state index in [4.69, 9.17) is 20.6 Å². The molecule has 0 radical (unpaired) electrons. The number of nitrogens with zero attached hydrogens (tertiary/aromatic N) is 3. The van der Waals surface area contributed by atoms with Crippen molar-refractivity contribution in [1.29, 1.82) is 5.41 Å². The number of fused-ring (bicyclic) bond motifs is 1. The Morgan fingerprint density at radius 3 is 2.69 bits per heavy atom. The van der Waals surface area contributed by atoms with Crippen molar-refractivity contribution in [2.45, 2.75) is 32.2 Å². The molecule has 0 bridgehead atoms. The van der Waals surface area contributed by atoms with Crippen LogP contribution >= 0.6 is 24.8 Å². The summed E-state index contributed by atoms with van der Waals surface area (Å²) in [5, 5.41) is 7.69. The van der Waals surface area contributed by atoms with Gasteiger partial charge in [0.2, 0.25) is 0 Å². The van der Waals surface area contributed by atoms with Gasteiger partial charge in [-0.2, -0.15) is 0 Å². The number of ether oxygens (including phenoxy) is 2. The zero-order valence-corrected chi connectivity index (χ0v) is 22.0. The molecule has 8 nitrogen and oxygen atoms in total. The molecule has 3 N–H and O–H groups in total. The van der Waals surface area contributed by atoms with Gasteiger partial charge in [0.05, 0.1) is 13.2 Å². The van der Waals surface area contributed by atoms with Crippen molar-refractivity contribution in [3.8, 4) is 5.75 Å². The molecule has 0 spiro atoms. The number of piperidine rings is 1. The number of halogens is 2. The number of pyridine rings is 1. The summed E-state index contributed by atoms with van der Waals surface area (Å²) in [5.74, 6) is 1.11. The Morgan fingerprint density at radius 1 is 1.19 bits per heavy atom. The Hall–Kier alpha value is -2.97. The van der Waals surface area contributed by atoms with E-state index < -0.39 is 5.97 Å². The summed E-state index contributed by atoms with van der Waals surface area (Å²) >= 11 is 0. The van der Waals surface area contributed by atoms with Crippen LogP contribution in [0.1, 0.15) is 29.5 Å². The summed E-state index contributed by atoms with van der Waals surface area (Å²) in [4.78, 5) is 19.8. The van der Waals surface area contributed by atoms with Crippen LogP contribution in [0.3, 0.4) is 0 Å². The number of hydrogen-bond donors (Lipinski definition) is 2. The number of benzene rings is 1. The van der Waals surface area contributed by atoms with Gasteiger partial charge >= 0.3 is 5.97 Å². The lowest BCUT2D eigenvalue weighted by atomic mass is 9.96. The van der Waals surface area contributed by atoms with E-state index in [0.717, 1.165) is 55.9 Å². The molecule has 0 unspecified atom stereocenters. The van der Waals surface area contributed by atoms with E-state index in [1.165, 1.54) is 17.2 Å². The Kier molecular flexibility index (Phi) is 11.3. The molecule has 196 valence electrons. The fraction of sp³-hybridized carbons (Fsp3) is 0.423. The fourth-order valence-corrected chi connectivity index (χ4v) is 4.62. The molecule has 2 aliphatic rings. The van der Waals surface area contributed by atoms with Gasteiger partial charge < -0.3 is 25.0 Å². The molecule has 1 aromatic carbocycles.